The van der Waals surface area contributed by atoms with Crippen LogP contribution in [-0.2, 0) is 14.8 Å². The molecule has 3 rings (SSSR count). The zero-order valence-electron chi connectivity index (χ0n) is 16.2. The van der Waals surface area contributed by atoms with Gasteiger partial charge in [-0.05, 0) is 55.2 Å². The molecule has 0 radical (unpaired) electrons. The molecule has 1 aromatic carbocycles. The van der Waals surface area contributed by atoms with Gasteiger partial charge in [0.25, 0.3) is 0 Å². The van der Waals surface area contributed by atoms with Crippen molar-refractivity contribution in [2.75, 3.05) is 19.6 Å². The molecule has 0 bridgehead atoms. The summed E-state index contributed by atoms with van der Waals surface area (Å²) >= 11 is 0. The molecule has 0 aromatic heterocycles. The lowest BCUT2D eigenvalue weighted by molar-refractivity contribution is -0.126. The number of rotatable bonds is 7. The quantitative estimate of drug-likeness (QED) is 0.742. The first-order chi connectivity index (χ1) is 12.8. The maximum atomic E-state index is 12.9. The first-order valence-electron chi connectivity index (χ1n) is 9.93. The van der Waals surface area contributed by atoms with Crippen molar-refractivity contribution < 1.29 is 13.2 Å². The number of benzene rings is 1. The molecule has 2 fully saturated rings. The molecule has 1 aliphatic heterocycles. The Balaban J connectivity index is 1.58. The Hall–Kier alpha value is -1.44. The molecule has 1 saturated heterocycles. The van der Waals surface area contributed by atoms with E-state index in [-0.39, 0.29) is 17.9 Å². The summed E-state index contributed by atoms with van der Waals surface area (Å²) in [6.45, 7) is 5.39. The molecule has 2 aliphatic rings. The molecule has 1 aliphatic carbocycles. The van der Waals surface area contributed by atoms with E-state index in [1.165, 1.54) is 4.31 Å². The van der Waals surface area contributed by atoms with Crippen LogP contribution in [0.4, 0.5) is 0 Å². The van der Waals surface area contributed by atoms with Gasteiger partial charge in [-0.1, -0.05) is 26.0 Å². The first-order valence-corrected chi connectivity index (χ1v) is 11.4. The summed E-state index contributed by atoms with van der Waals surface area (Å²) in [5.41, 5.74) is 6.88. The second-order valence-electron chi connectivity index (χ2n) is 8.09. The highest BCUT2D eigenvalue weighted by molar-refractivity contribution is 7.89. The number of hydrogen-bond acceptors (Lipinski definition) is 4. The SMILES string of the molecule is CC(C)c1ccc(S(=O)(=O)N2CCC(C(=O)NC(CN)C3CC3)CC2)cc1. The fourth-order valence-corrected chi connectivity index (χ4v) is 5.17. The van der Waals surface area contributed by atoms with Crippen LogP contribution in [0.2, 0.25) is 0 Å². The number of hydrogen-bond donors (Lipinski definition) is 2. The van der Waals surface area contributed by atoms with E-state index in [4.69, 9.17) is 5.73 Å². The molecular formula is C20H31N3O3S. The molecule has 1 unspecified atom stereocenters. The Morgan fingerprint density at radius 3 is 2.22 bits per heavy atom. The molecule has 6 nitrogen and oxygen atoms in total. The number of carbonyl (C=O) groups excluding carboxylic acids is 1. The second kappa shape index (κ2) is 8.29. The lowest BCUT2D eigenvalue weighted by Crippen LogP contribution is -2.47. The Morgan fingerprint density at radius 1 is 1.15 bits per heavy atom. The van der Waals surface area contributed by atoms with Gasteiger partial charge in [0.1, 0.15) is 0 Å². The first kappa shape index (κ1) is 20.3. The third kappa shape index (κ3) is 4.70. The van der Waals surface area contributed by atoms with E-state index in [9.17, 15) is 13.2 Å². The van der Waals surface area contributed by atoms with Crippen LogP contribution in [0.5, 0.6) is 0 Å². The number of carbonyl (C=O) groups is 1. The smallest absolute Gasteiger partial charge is 0.243 e. The van der Waals surface area contributed by atoms with Crippen molar-refractivity contribution in [1.82, 2.24) is 9.62 Å². The third-order valence-corrected chi connectivity index (χ3v) is 7.69. The summed E-state index contributed by atoms with van der Waals surface area (Å²) < 4.78 is 27.3. The standard InChI is InChI=1S/C20H31N3O3S/c1-14(2)15-5-7-18(8-6-15)27(25,26)23-11-9-17(10-12-23)20(24)22-19(13-21)16-3-4-16/h5-8,14,16-17,19H,3-4,9-13,21H2,1-2H3,(H,22,24). The van der Waals surface area contributed by atoms with Crippen LogP contribution in [0, 0.1) is 11.8 Å². The van der Waals surface area contributed by atoms with Gasteiger partial charge in [0.05, 0.1) is 4.90 Å². The molecule has 1 atom stereocenters. The minimum absolute atomic E-state index is 0.0238. The molecule has 7 heteroatoms. The fourth-order valence-electron chi connectivity index (χ4n) is 3.70. The monoisotopic (exact) mass is 393 g/mol. The zero-order chi connectivity index (χ0) is 19.6. The highest BCUT2D eigenvalue weighted by Crippen LogP contribution is 2.32. The Kier molecular flexibility index (Phi) is 6.23. The number of nitrogens with two attached hydrogens (primary N) is 1. The average Bonchev–Trinajstić information content (AvgIpc) is 3.51. The van der Waals surface area contributed by atoms with Gasteiger partial charge in [0, 0.05) is 31.6 Å². The van der Waals surface area contributed by atoms with Gasteiger partial charge in [-0.15, -0.1) is 0 Å². The van der Waals surface area contributed by atoms with Crippen molar-refractivity contribution in [2.45, 2.75) is 56.4 Å². The number of nitrogens with one attached hydrogen (secondary N) is 1. The molecule has 1 aromatic rings. The maximum Gasteiger partial charge on any atom is 0.243 e. The number of nitrogens with zero attached hydrogens (tertiary/aromatic N) is 1. The Labute approximate surface area is 162 Å². The van der Waals surface area contributed by atoms with E-state index in [2.05, 4.69) is 19.2 Å². The van der Waals surface area contributed by atoms with Crippen LogP contribution in [0.1, 0.15) is 51.0 Å². The van der Waals surface area contributed by atoms with E-state index in [0.29, 0.717) is 49.2 Å². The predicted molar refractivity (Wildman–Crippen MR) is 106 cm³/mol. The zero-order valence-corrected chi connectivity index (χ0v) is 17.0. The topological polar surface area (TPSA) is 92.5 Å². The van der Waals surface area contributed by atoms with Gasteiger partial charge in [-0.3, -0.25) is 4.79 Å². The van der Waals surface area contributed by atoms with E-state index in [1.54, 1.807) is 12.1 Å². The van der Waals surface area contributed by atoms with Gasteiger partial charge in [0.2, 0.25) is 15.9 Å². The summed E-state index contributed by atoms with van der Waals surface area (Å²) in [5.74, 6) is 0.778. The highest BCUT2D eigenvalue weighted by Gasteiger charge is 2.35. The average molecular weight is 394 g/mol. The van der Waals surface area contributed by atoms with Crippen LogP contribution < -0.4 is 11.1 Å². The van der Waals surface area contributed by atoms with Crippen molar-refractivity contribution in [2.24, 2.45) is 17.6 Å². The number of sulfonamides is 1. The Bertz CT molecular complexity index is 749. The molecule has 3 N–H and O–H groups in total. The van der Waals surface area contributed by atoms with Gasteiger partial charge in [-0.2, -0.15) is 4.31 Å². The van der Waals surface area contributed by atoms with Crippen molar-refractivity contribution in [1.29, 1.82) is 0 Å². The van der Waals surface area contributed by atoms with Gasteiger partial charge >= 0.3 is 0 Å². The van der Waals surface area contributed by atoms with Crippen molar-refractivity contribution in [3.63, 3.8) is 0 Å². The van der Waals surface area contributed by atoms with Crippen LogP contribution in [-0.4, -0.2) is 44.3 Å². The Morgan fingerprint density at radius 2 is 1.74 bits per heavy atom. The lowest BCUT2D eigenvalue weighted by atomic mass is 9.96. The van der Waals surface area contributed by atoms with Gasteiger partial charge < -0.3 is 11.1 Å². The van der Waals surface area contributed by atoms with E-state index in [1.807, 2.05) is 12.1 Å². The van der Waals surface area contributed by atoms with E-state index >= 15 is 0 Å². The molecule has 1 saturated carbocycles. The summed E-state index contributed by atoms with van der Waals surface area (Å²) in [6, 6.07) is 7.19. The minimum atomic E-state index is -3.50. The minimum Gasteiger partial charge on any atom is -0.352 e. The molecular weight excluding hydrogens is 362 g/mol. The van der Waals surface area contributed by atoms with Crippen molar-refractivity contribution in [3.05, 3.63) is 29.8 Å². The third-order valence-electron chi connectivity index (χ3n) is 5.78. The van der Waals surface area contributed by atoms with Crippen molar-refractivity contribution in [3.8, 4) is 0 Å². The highest BCUT2D eigenvalue weighted by atomic mass is 32.2. The normalized spacial score (nSPS) is 20.6. The molecule has 1 amide bonds. The predicted octanol–water partition coefficient (Wildman–Crippen LogP) is 2.06. The summed E-state index contributed by atoms with van der Waals surface area (Å²) in [6.07, 6.45) is 3.37. The number of amides is 1. The van der Waals surface area contributed by atoms with Gasteiger partial charge in [-0.25, -0.2) is 8.42 Å². The molecule has 27 heavy (non-hydrogen) atoms. The lowest BCUT2D eigenvalue weighted by Gasteiger charge is -2.31. The van der Waals surface area contributed by atoms with Crippen LogP contribution in [0.25, 0.3) is 0 Å². The summed E-state index contributed by atoms with van der Waals surface area (Å²) in [4.78, 5) is 12.8. The molecule has 150 valence electrons. The molecule has 1 heterocycles. The second-order valence-corrected chi connectivity index (χ2v) is 10.0. The molecule has 0 spiro atoms. The van der Waals surface area contributed by atoms with Crippen LogP contribution in [0.15, 0.2) is 29.2 Å². The van der Waals surface area contributed by atoms with Gasteiger partial charge in [0.15, 0.2) is 0 Å². The van der Waals surface area contributed by atoms with E-state index in [0.717, 1.165) is 18.4 Å². The number of piperidine rings is 1. The maximum absolute atomic E-state index is 12.9. The van der Waals surface area contributed by atoms with Crippen molar-refractivity contribution >= 4 is 15.9 Å². The largest absolute Gasteiger partial charge is 0.352 e. The summed E-state index contributed by atoms with van der Waals surface area (Å²) in [7, 11) is -3.50. The van der Waals surface area contributed by atoms with Crippen LogP contribution >= 0.6 is 0 Å². The van der Waals surface area contributed by atoms with Crippen LogP contribution in [0.3, 0.4) is 0 Å². The summed E-state index contributed by atoms with van der Waals surface area (Å²) in [5, 5.41) is 3.07. The van der Waals surface area contributed by atoms with E-state index < -0.39 is 10.0 Å². The fraction of sp³-hybridized carbons (Fsp3) is 0.650.